The fourth-order valence-electron chi connectivity index (χ4n) is 4.35. The number of benzene rings is 2. The van der Waals surface area contributed by atoms with Gasteiger partial charge in [0.2, 0.25) is 21.8 Å². The van der Waals surface area contributed by atoms with E-state index in [9.17, 15) is 32.7 Å². The predicted molar refractivity (Wildman–Crippen MR) is 152 cm³/mol. The molecule has 14 heteroatoms. The Labute approximate surface area is 242 Å². The number of aliphatic carboxylic acids is 1. The highest BCUT2D eigenvalue weighted by Gasteiger charge is 2.40. The molecule has 0 bridgehead atoms. The lowest BCUT2D eigenvalue weighted by molar-refractivity contribution is -0.142. The predicted octanol–water partition coefficient (Wildman–Crippen LogP) is 1.09. The van der Waals surface area contributed by atoms with Crippen LogP contribution in [0.15, 0.2) is 83.9 Å². The van der Waals surface area contributed by atoms with Crippen molar-refractivity contribution in [1.82, 2.24) is 25.2 Å². The van der Waals surface area contributed by atoms with Crippen LogP contribution in [0.1, 0.15) is 23.2 Å². The number of carboxylic acids is 1. The average molecular weight is 595 g/mol. The first-order valence-electron chi connectivity index (χ1n) is 13.1. The van der Waals surface area contributed by atoms with Crippen LogP contribution in [0.2, 0.25) is 0 Å². The number of aromatic nitrogens is 1. The highest BCUT2D eigenvalue weighted by atomic mass is 32.2. The summed E-state index contributed by atoms with van der Waals surface area (Å²) in [6.07, 6.45) is 2.28. The summed E-state index contributed by atoms with van der Waals surface area (Å²) in [6.45, 7) is -0.800. The molecular formula is C28H30N6O7S. The van der Waals surface area contributed by atoms with Crippen LogP contribution in [0.5, 0.6) is 0 Å². The van der Waals surface area contributed by atoms with Gasteiger partial charge in [-0.25, -0.2) is 18.2 Å². The molecule has 0 unspecified atom stereocenters. The van der Waals surface area contributed by atoms with E-state index < -0.39 is 58.9 Å². The van der Waals surface area contributed by atoms with Gasteiger partial charge in [0, 0.05) is 30.5 Å². The first-order valence-corrected chi connectivity index (χ1v) is 14.5. The molecule has 1 saturated heterocycles. The quantitative estimate of drug-likeness (QED) is 0.205. The van der Waals surface area contributed by atoms with Gasteiger partial charge < -0.3 is 26.4 Å². The first-order chi connectivity index (χ1) is 20.1. The van der Waals surface area contributed by atoms with Crippen molar-refractivity contribution >= 4 is 45.2 Å². The smallest absolute Gasteiger partial charge is 0.328 e. The molecule has 2 atom stereocenters. The van der Waals surface area contributed by atoms with E-state index in [0.29, 0.717) is 17.9 Å². The standard InChI is InChI=1S/C28H30N6O7S/c35-25(18-31-26(36)19-8-6-9-20(16-19)32-24-13-4-5-14-29-24)30-17-22(28(38)39)33-27(37)23-12-7-15-34(23)42(40,41)21-10-2-1-3-11-21/h1-6,8-11,13-14,16,22-23H,7,12,15,17-18H2,(H,29,32)(H,30,35)(H,31,36)(H,33,37)(H,38,39)/t22-,23+/m1/s1. The van der Waals surface area contributed by atoms with Crippen LogP contribution in [-0.2, 0) is 24.4 Å². The average Bonchev–Trinajstić information content (AvgIpc) is 3.50. The zero-order chi connectivity index (χ0) is 30.1. The number of carbonyl (C=O) groups excluding carboxylic acids is 3. The zero-order valence-electron chi connectivity index (χ0n) is 22.4. The molecule has 1 aromatic heterocycles. The highest BCUT2D eigenvalue weighted by Crippen LogP contribution is 2.26. The third-order valence-electron chi connectivity index (χ3n) is 6.45. The number of rotatable bonds is 12. The third-order valence-corrected chi connectivity index (χ3v) is 8.37. The summed E-state index contributed by atoms with van der Waals surface area (Å²) in [4.78, 5) is 53.9. The second-order valence-electron chi connectivity index (χ2n) is 9.39. The Morgan fingerprint density at radius 1 is 0.976 bits per heavy atom. The Morgan fingerprint density at radius 3 is 2.45 bits per heavy atom. The zero-order valence-corrected chi connectivity index (χ0v) is 23.2. The lowest BCUT2D eigenvalue weighted by Crippen LogP contribution is -2.54. The second kappa shape index (κ2) is 13.7. The van der Waals surface area contributed by atoms with Crippen molar-refractivity contribution in [3.8, 4) is 0 Å². The van der Waals surface area contributed by atoms with Crippen LogP contribution < -0.4 is 21.3 Å². The maximum atomic E-state index is 13.0. The largest absolute Gasteiger partial charge is 0.480 e. The summed E-state index contributed by atoms with van der Waals surface area (Å²) in [5.41, 5.74) is 0.897. The Bertz CT molecular complexity index is 1540. The van der Waals surface area contributed by atoms with Crippen molar-refractivity contribution in [1.29, 1.82) is 0 Å². The number of hydrogen-bond donors (Lipinski definition) is 5. The Kier molecular flexibility index (Phi) is 9.83. The topological polar surface area (TPSA) is 187 Å². The van der Waals surface area contributed by atoms with Gasteiger partial charge in [-0.05, 0) is 55.3 Å². The number of carboxylic acid groups (broad SMARTS) is 1. The third kappa shape index (κ3) is 7.67. The van der Waals surface area contributed by atoms with Gasteiger partial charge in [-0.15, -0.1) is 0 Å². The minimum absolute atomic E-state index is 0.0324. The van der Waals surface area contributed by atoms with Crippen molar-refractivity contribution in [2.24, 2.45) is 0 Å². The minimum atomic E-state index is -3.96. The number of pyridine rings is 1. The minimum Gasteiger partial charge on any atom is -0.480 e. The van der Waals surface area contributed by atoms with Crippen LogP contribution in [0, 0.1) is 0 Å². The summed E-state index contributed by atoms with van der Waals surface area (Å²) in [6, 6.07) is 17.0. The molecule has 1 aliphatic heterocycles. The number of hydrogen-bond acceptors (Lipinski definition) is 8. The fraction of sp³-hybridized carbons (Fsp3) is 0.250. The number of anilines is 2. The molecule has 1 aliphatic rings. The van der Waals surface area contributed by atoms with Crippen LogP contribution in [0.3, 0.4) is 0 Å². The summed E-state index contributed by atoms with van der Waals surface area (Å²) in [7, 11) is -3.96. The van der Waals surface area contributed by atoms with E-state index in [2.05, 4.69) is 26.3 Å². The molecular weight excluding hydrogens is 564 g/mol. The second-order valence-corrected chi connectivity index (χ2v) is 11.3. The van der Waals surface area contributed by atoms with Crippen molar-refractivity contribution in [2.75, 3.05) is 25.0 Å². The molecule has 4 rings (SSSR count). The normalized spacial score (nSPS) is 15.8. The first kappa shape index (κ1) is 30.1. The van der Waals surface area contributed by atoms with Gasteiger partial charge in [0.05, 0.1) is 11.4 Å². The Morgan fingerprint density at radius 2 is 1.74 bits per heavy atom. The van der Waals surface area contributed by atoms with E-state index >= 15 is 0 Å². The lowest BCUT2D eigenvalue weighted by Gasteiger charge is -2.25. The van der Waals surface area contributed by atoms with Crippen LogP contribution in [0.4, 0.5) is 11.5 Å². The van der Waals surface area contributed by atoms with Crippen molar-refractivity contribution < 1.29 is 32.7 Å². The van der Waals surface area contributed by atoms with Gasteiger partial charge in [-0.2, -0.15) is 4.31 Å². The number of sulfonamides is 1. The van der Waals surface area contributed by atoms with E-state index in [1.54, 1.807) is 60.8 Å². The SMILES string of the molecule is O=C(CNC(=O)c1cccc(Nc2ccccn2)c1)NC[C@@H](NC(=O)[C@@H]1CCCN1S(=O)(=O)c1ccccc1)C(=O)O. The monoisotopic (exact) mass is 594 g/mol. The molecule has 5 N–H and O–H groups in total. The van der Waals surface area contributed by atoms with E-state index in [4.69, 9.17) is 0 Å². The molecule has 42 heavy (non-hydrogen) atoms. The van der Waals surface area contributed by atoms with Gasteiger partial charge in [-0.1, -0.05) is 30.3 Å². The van der Waals surface area contributed by atoms with Crippen molar-refractivity contribution in [3.05, 3.63) is 84.6 Å². The molecule has 0 radical (unpaired) electrons. The fourth-order valence-corrected chi connectivity index (χ4v) is 6.03. The number of nitrogens with one attached hydrogen (secondary N) is 4. The van der Waals surface area contributed by atoms with Gasteiger partial charge in [0.15, 0.2) is 0 Å². The van der Waals surface area contributed by atoms with Crippen LogP contribution in [0.25, 0.3) is 0 Å². The van der Waals surface area contributed by atoms with Crippen LogP contribution >= 0.6 is 0 Å². The maximum absolute atomic E-state index is 13.0. The molecule has 0 saturated carbocycles. The highest BCUT2D eigenvalue weighted by molar-refractivity contribution is 7.89. The van der Waals surface area contributed by atoms with E-state index in [1.807, 2.05) is 6.07 Å². The summed E-state index contributed by atoms with van der Waals surface area (Å²) in [5, 5.41) is 19.8. The molecule has 0 aliphatic carbocycles. The van der Waals surface area contributed by atoms with Gasteiger partial charge >= 0.3 is 5.97 Å². The number of amides is 3. The summed E-state index contributed by atoms with van der Waals surface area (Å²) < 4.78 is 27.2. The van der Waals surface area contributed by atoms with E-state index in [1.165, 1.54) is 12.1 Å². The van der Waals surface area contributed by atoms with Crippen molar-refractivity contribution in [2.45, 2.75) is 29.8 Å². The summed E-state index contributed by atoms with van der Waals surface area (Å²) >= 11 is 0. The molecule has 1 fully saturated rings. The van der Waals surface area contributed by atoms with Crippen molar-refractivity contribution in [3.63, 3.8) is 0 Å². The van der Waals surface area contributed by atoms with Gasteiger partial charge in [-0.3, -0.25) is 14.4 Å². The van der Waals surface area contributed by atoms with E-state index in [-0.39, 0.29) is 23.4 Å². The Hall–Kier alpha value is -4.82. The molecule has 2 heterocycles. The molecule has 13 nitrogen and oxygen atoms in total. The molecule has 220 valence electrons. The molecule has 2 aromatic carbocycles. The van der Waals surface area contributed by atoms with E-state index in [0.717, 1.165) is 4.31 Å². The Balaban J connectivity index is 1.28. The maximum Gasteiger partial charge on any atom is 0.328 e. The molecule has 3 aromatic rings. The molecule has 3 amide bonds. The lowest BCUT2D eigenvalue weighted by atomic mass is 10.2. The van der Waals surface area contributed by atoms with Gasteiger partial charge in [0.25, 0.3) is 5.91 Å². The van der Waals surface area contributed by atoms with Gasteiger partial charge in [0.1, 0.15) is 17.9 Å². The number of nitrogens with zero attached hydrogens (tertiary/aromatic N) is 2. The van der Waals surface area contributed by atoms with Crippen LogP contribution in [-0.4, -0.2) is 78.2 Å². The summed E-state index contributed by atoms with van der Waals surface area (Å²) in [5.74, 6) is -2.81. The number of carbonyl (C=O) groups is 4. The molecule has 0 spiro atoms.